The molecule has 0 saturated heterocycles. The molecule has 10 nitrogen and oxygen atoms in total. The molecule has 3 N–H and O–H groups in total. The first-order chi connectivity index (χ1) is 18.5. The van der Waals surface area contributed by atoms with Crippen LogP contribution in [0.25, 0.3) is 0 Å². The smallest absolute Gasteiger partial charge is 0.319 e. The second kappa shape index (κ2) is 11.1. The quantitative estimate of drug-likeness (QED) is 0.384. The number of likely N-dealkylation sites (N-methyl/N-ethyl adjacent to an activating group) is 1. The molecule has 1 aliphatic rings. The SMILES string of the molecule is C=CC(=O)Nc1ccc(C(=O)Nc2nn(C)c3c2CN(C(=O)N[C@H](CN(C)C)c2ccccc2)C3(C)C)cc1. The van der Waals surface area contributed by atoms with Crippen LogP contribution < -0.4 is 16.0 Å². The van der Waals surface area contributed by atoms with Crippen LogP contribution in [0, 0.1) is 0 Å². The van der Waals surface area contributed by atoms with E-state index in [2.05, 4.69) is 27.6 Å². The summed E-state index contributed by atoms with van der Waals surface area (Å²) in [5.74, 6) is -0.254. The van der Waals surface area contributed by atoms with Gasteiger partial charge in [-0.05, 0) is 63.8 Å². The lowest BCUT2D eigenvalue weighted by Gasteiger charge is -2.34. The van der Waals surface area contributed by atoms with E-state index in [4.69, 9.17) is 0 Å². The zero-order valence-corrected chi connectivity index (χ0v) is 23.0. The van der Waals surface area contributed by atoms with Crippen LogP contribution in [0.15, 0.2) is 67.3 Å². The molecule has 0 unspecified atom stereocenters. The third-order valence-electron chi connectivity index (χ3n) is 6.84. The molecule has 4 rings (SSSR count). The van der Waals surface area contributed by atoms with Gasteiger partial charge in [0.25, 0.3) is 5.91 Å². The van der Waals surface area contributed by atoms with Gasteiger partial charge in [-0.3, -0.25) is 14.3 Å². The van der Waals surface area contributed by atoms with Gasteiger partial charge in [-0.15, -0.1) is 0 Å². The number of anilines is 2. The van der Waals surface area contributed by atoms with E-state index in [1.807, 2.05) is 70.2 Å². The number of aryl methyl sites for hydroxylation is 1. The standard InChI is InChI=1S/C29H35N7O3/c1-7-24(37)30-21-15-13-20(14-16-21)27(38)32-26-22-17-36(29(2,3)25(22)35(6)33-26)28(39)31-23(18-34(4)5)19-11-9-8-10-12-19/h7-16,23H,1,17-18H2,2-6H3,(H,30,37)(H,31,39)(H,32,33,38)/t23-/m1/s1. The van der Waals surface area contributed by atoms with Crippen molar-refractivity contribution in [3.05, 3.63) is 89.6 Å². The van der Waals surface area contributed by atoms with Gasteiger partial charge in [0.05, 0.1) is 23.8 Å². The molecular formula is C29H35N7O3. The average Bonchev–Trinajstić information content (AvgIpc) is 3.37. The van der Waals surface area contributed by atoms with Crippen LogP contribution in [0.4, 0.5) is 16.3 Å². The van der Waals surface area contributed by atoms with Gasteiger partial charge in [-0.25, -0.2) is 4.79 Å². The van der Waals surface area contributed by atoms with E-state index < -0.39 is 5.54 Å². The summed E-state index contributed by atoms with van der Waals surface area (Å²) in [7, 11) is 5.76. The molecule has 0 fully saturated rings. The molecule has 1 atom stereocenters. The Hall–Kier alpha value is -4.44. The highest BCUT2D eigenvalue weighted by atomic mass is 16.2. The molecule has 0 saturated carbocycles. The lowest BCUT2D eigenvalue weighted by Crippen LogP contribution is -2.49. The van der Waals surface area contributed by atoms with Crippen LogP contribution in [-0.4, -0.2) is 58.1 Å². The van der Waals surface area contributed by atoms with Crippen LogP contribution in [0.2, 0.25) is 0 Å². The molecule has 0 aliphatic carbocycles. The molecule has 3 aromatic rings. The number of hydrogen-bond acceptors (Lipinski definition) is 5. The molecule has 4 amide bonds. The summed E-state index contributed by atoms with van der Waals surface area (Å²) in [6.45, 7) is 8.33. The minimum absolute atomic E-state index is 0.190. The first kappa shape index (κ1) is 27.6. The molecular weight excluding hydrogens is 494 g/mol. The van der Waals surface area contributed by atoms with Crippen molar-refractivity contribution in [2.75, 3.05) is 31.3 Å². The van der Waals surface area contributed by atoms with Crippen LogP contribution in [0.1, 0.15) is 47.1 Å². The van der Waals surface area contributed by atoms with E-state index in [-0.39, 0.29) is 23.9 Å². The fourth-order valence-electron chi connectivity index (χ4n) is 4.98. The van der Waals surface area contributed by atoms with E-state index in [1.54, 1.807) is 33.8 Å². The number of urea groups is 1. The van der Waals surface area contributed by atoms with Gasteiger partial charge in [0.15, 0.2) is 5.82 Å². The van der Waals surface area contributed by atoms with E-state index in [0.717, 1.165) is 16.8 Å². The molecule has 0 radical (unpaired) electrons. The number of carbonyl (C=O) groups excluding carboxylic acids is 3. The molecule has 1 aliphatic heterocycles. The number of carbonyl (C=O) groups is 3. The molecule has 0 bridgehead atoms. The van der Waals surface area contributed by atoms with E-state index in [0.29, 0.717) is 30.2 Å². The van der Waals surface area contributed by atoms with Gasteiger partial charge in [0.2, 0.25) is 5.91 Å². The third kappa shape index (κ3) is 5.85. The number of nitrogens with zero attached hydrogens (tertiary/aromatic N) is 4. The summed E-state index contributed by atoms with van der Waals surface area (Å²) in [4.78, 5) is 42.0. The number of rotatable bonds is 8. The Bertz CT molecular complexity index is 1380. The lowest BCUT2D eigenvalue weighted by atomic mass is 10.0. The normalized spacial score (nSPS) is 14.5. The summed E-state index contributed by atoms with van der Waals surface area (Å²) < 4.78 is 1.72. The van der Waals surface area contributed by atoms with E-state index in [1.165, 1.54) is 6.08 Å². The second-order valence-corrected chi connectivity index (χ2v) is 10.3. The molecule has 2 aromatic carbocycles. The molecule has 0 spiro atoms. The largest absolute Gasteiger partial charge is 0.330 e. The Balaban J connectivity index is 1.52. The van der Waals surface area contributed by atoms with Crippen molar-refractivity contribution < 1.29 is 14.4 Å². The van der Waals surface area contributed by atoms with Crippen molar-refractivity contribution in [3.63, 3.8) is 0 Å². The van der Waals surface area contributed by atoms with Gasteiger partial charge in [-0.1, -0.05) is 36.9 Å². The first-order valence-corrected chi connectivity index (χ1v) is 12.7. The predicted molar refractivity (Wildman–Crippen MR) is 151 cm³/mol. The van der Waals surface area contributed by atoms with E-state index in [9.17, 15) is 14.4 Å². The predicted octanol–water partition coefficient (Wildman–Crippen LogP) is 3.86. The van der Waals surface area contributed by atoms with E-state index >= 15 is 0 Å². The third-order valence-corrected chi connectivity index (χ3v) is 6.84. The van der Waals surface area contributed by atoms with Gasteiger partial charge < -0.3 is 25.8 Å². The fourth-order valence-corrected chi connectivity index (χ4v) is 4.98. The van der Waals surface area contributed by atoms with Crippen molar-refractivity contribution in [2.24, 2.45) is 7.05 Å². The number of aromatic nitrogens is 2. The van der Waals surface area contributed by atoms with Gasteiger partial charge in [0, 0.05) is 30.4 Å². The number of benzene rings is 2. The molecule has 39 heavy (non-hydrogen) atoms. The van der Waals surface area contributed by atoms with Crippen molar-refractivity contribution in [1.29, 1.82) is 0 Å². The highest BCUT2D eigenvalue weighted by Gasteiger charge is 2.45. The molecule has 1 aromatic heterocycles. The highest BCUT2D eigenvalue weighted by molar-refractivity contribution is 6.05. The number of fused-ring (bicyclic) bond motifs is 1. The van der Waals surface area contributed by atoms with Crippen LogP contribution in [0.3, 0.4) is 0 Å². The maximum Gasteiger partial charge on any atom is 0.319 e. The van der Waals surface area contributed by atoms with Crippen molar-refractivity contribution >= 4 is 29.4 Å². The monoisotopic (exact) mass is 529 g/mol. The van der Waals surface area contributed by atoms with Crippen molar-refractivity contribution in [3.8, 4) is 0 Å². The lowest BCUT2D eigenvalue weighted by molar-refractivity contribution is -0.111. The summed E-state index contributed by atoms with van der Waals surface area (Å²) in [6, 6.07) is 16.0. The molecule has 10 heteroatoms. The highest BCUT2D eigenvalue weighted by Crippen LogP contribution is 2.42. The Labute approximate surface area is 228 Å². The number of hydrogen-bond donors (Lipinski definition) is 3. The van der Waals surface area contributed by atoms with Crippen LogP contribution in [0.5, 0.6) is 0 Å². The van der Waals surface area contributed by atoms with Crippen molar-refractivity contribution in [1.82, 2.24) is 24.9 Å². The maximum absolute atomic E-state index is 13.6. The minimum atomic E-state index is -0.658. The van der Waals surface area contributed by atoms with Crippen molar-refractivity contribution in [2.45, 2.75) is 32.0 Å². The first-order valence-electron chi connectivity index (χ1n) is 12.7. The average molecular weight is 530 g/mol. The maximum atomic E-state index is 13.6. The summed E-state index contributed by atoms with van der Waals surface area (Å²) in [6.07, 6.45) is 1.18. The van der Waals surface area contributed by atoms with Gasteiger partial charge in [-0.2, -0.15) is 5.10 Å². The Kier molecular flexibility index (Phi) is 7.87. The summed E-state index contributed by atoms with van der Waals surface area (Å²) in [5.41, 5.74) is 2.99. The second-order valence-electron chi connectivity index (χ2n) is 10.3. The van der Waals surface area contributed by atoms with Gasteiger partial charge in [0.1, 0.15) is 0 Å². The Morgan fingerprint density at radius 2 is 1.74 bits per heavy atom. The Morgan fingerprint density at radius 3 is 2.36 bits per heavy atom. The summed E-state index contributed by atoms with van der Waals surface area (Å²) >= 11 is 0. The molecule has 204 valence electrons. The Morgan fingerprint density at radius 1 is 1.08 bits per heavy atom. The zero-order chi connectivity index (χ0) is 28.3. The number of nitrogens with one attached hydrogen (secondary N) is 3. The minimum Gasteiger partial charge on any atom is -0.330 e. The molecule has 2 heterocycles. The summed E-state index contributed by atoms with van der Waals surface area (Å²) in [5, 5.41) is 13.3. The van der Waals surface area contributed by atoms with Gasteiger partial charge >= 0.3 is 6.03 Å². The fraction of sp³-hybridized carbons (Fsp3) is 0.310. The topological polar surface area (TPSA) is 112 Å². The van der Waals surface area contributed by atoms with Crippen LogP contribution >= 0.6 is 0 Å². The zero-order valence-electron chi connectivity index (χ0n) is 23.0. The van der Waals surface area contributed by atoms with Crippen LogP contribution in [-0.2, 0) is 23.9 Å². The number of amides is 4.